The molecule has 0 unspecified atom stereocenters. The van der Waals surface area contributed by atoms with Gasteiger partial charge in [0.2, 0.25) is 5.28 Å². The first-order valence-electron chi connectivity index (χ1n) is 4.90. The van der Waals surface area contributed by atoms with E-state index in [4.69, 9.17) is 11.6 Å². The predicted octanol–water partition coefficient (Wildman–Crippen LogP) is 2.38. The maximum atomic E-state index is 9.51. The lowest BCUT2D eigenvalue weighted by Crippen LogP contribution is -1.91. The molecule has 0 amide bonds. The quantitative estimate of drug-likeness (QED) is 0.647. The Balaban J connectivity index is 2.39. The van der Waals surface area contributed by atoms with Gasteiger partial charge in [-0.05, 0) is 35.9 Å². The standard InChI is InChI=1S/C11H7ClN4O/c12-11-14-8-2-1-6(17)5-7(8)10(15-11)9-3-4-13-16-9/h1-5,17H,(H,13,16). The molecule has 2 N–H and O–H groups in total. The number of aromatic hydroxyl groups is 1. The van der Waals surface area contributed by atoms with Crippen LogP contribution < -0.4 is 0 Å². The summed E-state index contributed by atoms with van der Waals surface area (Å²) < 4.78 is 0. The average Bonchev–Trinajstić information content (AvgIpc) is 2.82. The molecule has 2 heterocycles. The highest BCUT2D eigenvalue weighted by atomic mass is 35.5. The van der Waals surface area contributed by atoms with Gasteiger partial charge in [-0.1, -0.05) is 0 Å². The number of hydrogen-bond acceptors (Lipinski definition) is 4. The summed E-state index contributed by atoms with van der Waals surface area (Å²) in [5.41, 5.74) is 2.02. The zero-order valence-corrected chi connectivity index (χ0v) is 9.31. The van der Waals surface area contributed by atoms with E-state index < -0.39 is 0 Å². The fourth-order valence-electron chi connectivity index (χ4n) is 1.68. The molecule has 0 atom stereocenters. The van der Waals surface area contributed by atoms with Gasteiger partial charge in [0.25, 0.3) is 0 Å². The third-order valence-corrected chi connectivity index (χ3v) is 2.58. The third-order valence-electron chi connectivity index (χ3n) is 2.41. The summed E-state index contributed by atoms with van der Waals surface area (Å²) in [6.45, 7) is 0. The first-order valence-corrected chi connectivity index (χ1v) is 5.28. The lowest BCUT2D eigenvalue weighted by atomic mass is 10.1. The maximum Gasteiger partial charge on any atom is 0.223 e. The molecule has 3 aromatic rings. The Hall–Kier alpha value is -2.14. The Labute approximate surface area is 101 Å². The largest absolute Gasteiger partial charge is 0.508 e. The number of aromatic nitrogens is 4. The number of H-pyrrole nitrogens is 1. The summed E-state index contributed by atoms with van der Waals surface area (Å²) in [6.07, 6.45) is 1.62. The van der Waals surface area contributed by atoms with Crippen molar-refractivity contribution in [2.45, 2.75) is 0 Å². The Bertz CT molecular complexity index is 681. The molecule has 0 fully saturated rings. The van der Waals surface area contributed by atoms with Gasteiger partial charge >= 0.3 is 0 Å². The highest BCUT2D eigenvalue weighted by Gasteiger charge is 2.10. The number of hydrogen-bond donors (Lipinski definition) is 2. The number of phenolic OH excluding ortho intramolecular Hbond substituents is 1. The van der Waals surface area contributed by atoms with Gasteiger partial charge in [-0.15, -0.1) is 0 Å². The third kappa shape index (κ3) is 1.70. The molecule has 17 heavy (non-hydrogen) atoms. The van der Waals surface area contributed by atoms with Crippen molar-refractivity contribution in [1.82, 2.24) is 20.2 Å². The lowest BCUT2D eigenvalue weighted by molar-refractivity contribution is 0.476. The van der Waals surface area contributed by atoms with Crippen LogP contribution in [0.3, 0.4) is 0 Å². The van der Waals surface area contributed by atoms with Crippen molar-refractivity contribution in [2.75, 3.05) is 0 Å². The number of nitrogens with zero attached hydrogens (tertiary/aromatic N) is 3. The Morgan fingerprint density at radius 2 is 2.06 bits per heavy atom. The molecule has 2 aromatic heterocycles. The summed E-state index contributed by atoms with van der Waals surface area (Å²) >= 11 is 5.86. The van der Waals surface area contributed by atoms with Gasteiger partial charge < -0.3 is 5.11 Å². The van der Waals surface area contributed by atoms with Crippen molar-refractivity contribution < 1.29 is 5.11 Å². The molecule has 0 saturated carbocycles. The number of fused-ring (bicyclic) bond motifs is 1. The van der Waals surface area contributed by atoms with Crippen molar-refractivity contribution in [3.05, 3.63) is 35.7 Å². The van der Waals surface area contributed by atoms with Crippen LogP contribution in [0.1, 0.15) is 0 Å². The van der Waals surface area contributed by atoms with E-state index in [1.165, 1.54) is 0 Å². The fraction of sp³-hybridized carbons (Fsp3) is 0. The smallest absolute Gasteiger partial charge is 0.223 e. The number of aromatic amines is 1. The molecule has 84 valence electrons. The summed E-state index contributed by atoms with van der Waals surface area (Å²) in [5, 5.41) is 17.1. The normalized spacial score (nSPS) is 10.9. The molecule has 0 saturated heterocycles. The molecule has 0 aliphatic heterocycles. The second-order valence-electron chi connectivity index (χ2n) is 3.51. The van der Waals surface area contributed by atoms with Gasteiger partial charge in [-0.25, -0.2) is 9.97 Å². The van der Waals surface area contributed by atoms with Gasteiger partial charge in [-0.2, -0.15) is 5.10 Å². The summed E-state index contributed by atoms with van der Waals surface area (Å²) in [5.74, 6) is 0.157. The molecular formula is C11H7ClN4O. The monoisotopic (exact) mass is 246 g/mol. The Kier molecular flexibility index (Phi) is 2.19. The minimum Gasteiger partial charge on any atom is -0.508 e. The predicted molar refractivity (Wildman–Crippen MR) is 63.8 cm³/mol. The molecular weight excluding hydrogens is 240 g/mol. The number of nitrogens with one attached hydrogen (secondary N) is 1. The van der Waals surface area contributed by atoms with E-state index in [-0.39, 0.29) is 11.0 Å². The van der Waals surface area contributed by atoms with Crippen LogP contribution in [0.5, 0.6) is 5.75 Å². The average molecular weight is 247 g/mol. The van der Waals surface area contributed by atoms with Crippen LogP contribution in [0.15, 0.2) is 30.5 Å². The van der Waals surface area contributed by atoms with Crippen LogP contribution in [0.4, 0.5) is 0 Å². The van der Waals surface area contributed by atoms with Crippen LogP contribution in [0.25, 0.3) is 22.3 Å². The van der Waals surface area contributed by atoms with Crippen molar-refractivity contribution in [1.29, 1.82) is 0 Å². The summed E-state index contributed by atoms with van der Waals surface area (Å²) in [7, 11) is 0. The van der Waals surface area contributed by atoms with E-state index in [2.05, 4.69) is 20.2 Å². The second kappa shape index (κ2) is 3.71. The second-order valence-corrected chi connectivity index (χ2v) is 3.85. The highest BCUT2D eigenvalue weighted by Crippen LogP contribution is 2.28. The van der Waals surface area contributed by atoms with Gasteiger partial charge in [0.1, 0.15) is 11.4 Å². The molecule has 0 bridgehead atoms. The topological polar surface area (TPSA) is 74.7 Å². The Morgan fingerprint density at radius 3 is 2.82 bits per heavy atom. The number of phenols is 1. The van der Waals surface area contributed by atoms with Gasteiger partial charge in [0.15, 0.2) is 0 Å². The maximum absolute atomic E-state index is 9.51. The minimum absolute atomic E-state index is 0.157. The molecule has 6 heteroatoms. The Morgan fingerprint density at radius 1 is 1.18 bits per heavy atom. The van der Waals surface area contributed by atoms with Crippen molar-refractivity contribution >= 4 is 22.5 Å². The molecule has 1 aromatic carbocycles. The van der Waals surface area contributed by atoms with E-state index in [1.54, 1.807) is 30.5 Å². The van der Waals surface area contributed by atoms with E-state index in [0.717, 1.165) is 11.1 Å². The molecule has 0 radical (unpaired) electrons. The van der Waals surface area contributed by atoms with Crippen LogP contribution >= 0.6 is 11.6 Å². The molecule has 0 aliphatic rings. The molecule has 5 nitrogen and oxygen atoms in total. The van der Waals surface area contributed by atoms with E-state index in [1.807, 2.05) is 0 Å². The van der Waals surface area contributed by atoms with E-state index >= 15 is 0 Å². The first kappa shape index (κ1) is 10.0. The van der Waals surface area contributed by atoms with Crippen LogP contribution in [-0.2, 0) is 0 Å². The van der Waals surface area contributed by atoms with Crippen LogP contribution in [0, 0.1) is 0 Å². The van der Waals surface area contributed by atoms with Crippen molar-refractivity contribution in [2.24, 2.45) is 0 Å². The van der Waals surface area contributed by atoms with Crippen molar-refractivity contribution in [3.63, 3.8) is 0 Å². The molecule has 0 aliphatic carbocycles. The fourth-order valence-corrected chi connectivity index (χ4v) is 1.86. The van der Waals surface area contributed by atoms with Crippen molar-refractivity contribution in [3.8, 4) is 17.1 Å². The molecule has 3 rings (SSSR count). The minimum atomic E-state index is 0.157. The number of rotatable bonds is 1. The van der Waals surface area contributed by atoms with Gasteiger partial charge in [0, 0.05) is 11.6 Å². The van der Waals surface area contributed by atoms with E-state index in [0.29, 0.717) is 11.2 Å². The zero-order chi connectivity index (χ0) is 11.8. The summed E-state index contributed by atoms with van der Waals surface area (Å²) in [4.78, 5) is 8.25. The zero-order valence-electron chi connectivity index (χ0n) is 8.55. The van der Waals surface area contributed by atoms with Gasteiger partial charge in [-0.3, -0.25) is 5.10 Å². The lowest BCUT2D eigenvalue weighted by Gasteiger charge is -2.04. The molecule has 0 spiro atoms. The van der Waals surface area contributed by atoms with Crippen LogP contribution in [0.2, 0.25) is 5.28 Å². The number of halogens is 1. The summed E-state index contributed by atoms with van der Waals surface area (Å²) in [6, 6.07) is 6.63. The SMILES string of the molecule is Oc1ccc2nc(Cl)nc(-c3ccn[nH]3)c2c1. The van der Waals surface area contributed by atoms with Gasteiger partial charge in [0.05, 0.1) is 11.2 Å². The van der Waals surface area contributed by atoms with E-state index in [9.17, 15) is 5.11 Å². The van der Waals surface area contributed by atoms with Crippen LogP contribution in [-0.4, -0.2) is 25.3 Å². The first-order chi connectivity index (χ1) is 8.24. The number of benzene rings is 1. The highest BCUT2D eigenvalue weighted by molar-refractivity contribution is 6.28.